The largest absolute Gasteiger partial charge is 0.345 e. The number of nitrogens with one attached hydrogen (secondary N) is 1. The predicted molar refractivity (Wildman–Crippen MR) is 116 cm³/mol. The van der Waals surface area contributed by atoms with Crippen LogP contribution in [-0.2, 0) is 13.6 Å². The van der Waals surface area contributed by atoms with Crippen LogP contribution in [0.4, 0.5) is 0 Å². The number of amides is 1. The normalized spacial score (nSPS) is 12.3. The highest BCUT2D eigenvalue weighted by Crippen LogP contribution is 2.22. The Morgan fingerprint density at radius 3 is 2.60 bits per heavy atom. The van der Waals surface area contributed by atoms with Crippen LogP contribution in [0.2, 0.25) is 0 Å². The molecule has 154 valence electrons. The molecule has 1 atom stereocenters. The summed E-state index contributed by atoms with van der Waals surface area (Å²) in [5.74, 6) is -0.126. The number of fused-ring (bicyclic) bond motifs is 1. The number of carbonyl (C=O) groups is 1. The molecule has 0 unspecified atom stereocenters. The van der Waals surface area contributed by atoms with E-state index in [1.54, 1.807) is 6.20 Å². The van der Waals surface area contributed by atoms with Crippen LogP contribution in [0.3, 0.4) is 0 Å². The minimum Gasteiger partial charge on any atom is -0.345 e. The van der Waals surface area contributed by atoms with Gasteiger partial charge in [-0.15, -0.1) is 0 Å². The fourth-order valence-corrected chi connectivity index (χ4v) is 3.78. The Labute approximate surface area is 175 Å². The standard InChI is InChI=1S/C23H26N6O/c1-14-10-15(2)29(27-14)13-18-11-20(19-8-6-7-9-22(19)26-18)23(30)25-16(3)21-12-24-28(5)17(21)4/h6-12,16H,13H2,1-5H3,(H,25,30)/t16-/m0/s1. The van der Waals surface area contributed by atoms with Gasteiger partial charge in [-0.05, 0) is 45.9 Å². The molecule has 0 bridgehead atoms. The van der Waals surface area contributed by atoms with E-state index in [1.807, 2.05) is 80.5 Å². The number of hydrogen-bond donors (Lipinski definition) is 1. The van der Waals surface area contributed by atoms with Crippen LogP contribution in [0.15, 0.2) is 42.6 Å². The van der Waals surface area contributed by atoms with Crippen molar-refractivity contribution >= 4 is 16.8 Å². The first-order valence-electron chi connectivity index (χ1n) is 10.0. The Kier molecular flexibility index (Phi) is 5.11. The van der Waals surface area contributed by atoms with E-state index in [0.717, 1.165) is 39.2 Å². The van der Waals surface area contributed by atoms with Crippen molar-refractivity contribution in [1.82, 2.24) is 29.9 Å². The van der Waals surface area contributed by atoms with Crippen molar-refractivity contribution in [3.63, 3.8) is 0 Å². The van der Waals surface area contributed by atoms with Crippen molar-refractivity contribution in [2.24, 2.45) is 7.05 Å². The van der Waals surface area contributed by atoms with E-state index < -0.39 is 0 Å². The van der Waals surface area contributed by atoms with Crippen molar-refractivity contribution in [3.05, 3.63) is 76.5 Å². The van der Waals surface area contributed by atoms with Crippen molar-refractivity contribution < 1.29 is 4.79 Å². The van der Waals surface area contributed by atoms with Gasteiger partial charge in [0.1, 0.15) is 0 Å². The van der Waals surface area contributed by atoms with Crippen LogP contribution in [0, 0.1) is 20.8 Å². The van der Waals surface area contributed by atoms with Gasteiger partial charge in [0.15, 0.2) is 0 Å². The molecular weight excluding hydrogens is 376 g/mol. The average Bonchev–Trinajstić information content (AvgIpc) is 3.21. The predicted octanol–water partition coefficient (Wildman–Crippen LogP) is 3.63. The Bertz CT molecular complexity index is 1240. The van der Waals surface area contributed by atoms with Crippen LogP contribution in [0.1, 0.15) is 51.7 Å². The molecule has 0 aliphatic carbocycles. The van der Waals surface area contributed by atoms with Gasteiger partial charge in [-0.3, -0.25) is 19.1 Å². The maximum Gasteiger partial charge on any atom is 0.252 e. The van der Waals surface area contributed by atoms with E-state index in [2.05, 4.69) is 15.5 Å². The number of rotatable bonds is 5. The molecule has 1 N–H and O–H groups in total. The van der Waals surface area contributed by atoms with Gasteiger partial charge in [0, 0.05) is 29.4 Å². The Balaban J connectivity index is 1.69. The molecule has 0 spiro atoms. The molecule has 0 aliphatic heterocycles. The molecule has 4 aromatic rings. The number of nitrogens with zero attached hydrogens (tertiary/aromatic N) is 5. The van der Waals surface area contributed by atoms with Gasteiger partial charge in [0.25, 0.3) is 5.91 Å². The number of pyridine rings is 1. The van der Waals surface area contributed by atoms with Crippen molar-refractivity contribution in [3.8, 4) is 0 Å². The van der Waals surface area contributed by atoms with Crippen LogP contribution >= 0.6 is 0 Å². The summed E-state index contributed by atoms with van der Waals surface area (Å²) in [6.07, 6.45) is 1.80. The monoisotopic (exact) mass is 402 g/mol. The van der Waals surface area contributed by atoms with Gasteiger partial charge in [-0.2, -0.15) is 10.2 Å². The zero-order valence-corrected chi connectivity index (χ0v) is 18.0. The third kappa shape index (κ3) is 3.70. The van der Waals surface area contributed by atoms with Gasteiger partial charge < -0.3 is 5.32 Å². The zero-order valence-electron chi connectivity index (χ0n) is 18.0. The Morgan fingerprint density at radius 1 is 1.17 bits per heavy atom. The number of para-hydroxylation sites is 1. The molecular formula is C23H26N6O. The molecule has 7 nitrogen and oxygen atoms in total. The zero-order chi connectivity index (χ0) is 21.4. The molecule has 0 radical (unpaired) electrons. The molecule has 0 saturated carbocycles. The first kappa shape index (κ1) is 19.8. The summed E-state index contributed by atoms with van der Waals surface area (Å²) in [5.41, 5.74) is 6.29. The first-order valence-corrected chi connectivity index (χ1v) is 10.0. The van der Waals surface area contributed by atoms with Gasteiger partial charge in [-0.1, -0.05) is 18.2 Å². The third-order valence-electron chi connectivity index (χ3n) is 5.52. The lowest BCUT2D eigenvalue weighted by molar-refractivity contribution is 0.0941. The average molecular weight is 403 g/mol. The van der Waals surface area contributed by atoms with E-state index in [4.69, 9.17) is 4.98 Å². The van der Waals surface area contributed by atoms with E-state index in [1.165, 1.54) is 0 Å². The fraction of sp³-hybridized carbons (Fsp3) is 0.304. The molecule has 0 aliphatic rings. The van der Waals surface area contributed by atoms with Crippen LogP contribution in [0.5, 0.6) is 0 Å². The smallest absolute Gasteiger partial charge is 0.252 e. The summed E-state index contributed by atoms with van der Waals surface area (Å²) >= 11 is 0. The lowest BCUT2D eigenvalue weighted by Crippen LogP contribution is -2.27. The number of carbonyl (C=O) groups excluding carboxylic acids is 1. The highest BCUT2D eigenvalue weighted by molar-refractivity contribution is 6.06. The molecule has 3 heterocycles. The quantitative estimate of drug-likeness (QED) is 0.553. The van der Waals surface area contributed by atoms with E-state index in [-0.39, 0.29) is 11.9 Å². The molecule has 7 heteroatoms. The van der Waals surface area contributed by atoms with Crippen LogP contribution < -0.4 is 5.32 Å². The molecule has 1 amide bonds. The number of aryl methyl sites for hydroxylation is 3. The Hall–Kier alpha value is -3.48. The summed E-state index contributed by atoms with van der Waals surface area (Å²) in [5, 5.41) is 12.8. The number of aromatic nitrogens is 5. The number of benzene rings is 1. The van der Waals surface area contributed by atoms with Gasteiger partial charge in [0.2, 0.25) is 0 Å². The van der Waals surface area contributed by atoms with Crippen molar-refractivity contribution in [2.75, 3.05) is 0 Å². The maximum atomic E-state index is 13.2. The molecule has 3 aromatic heterocycles. The summed E-state index contributed by atoms with van der Waals surface area (Å²) in [7, 11) is 1.90. The second-order valence-electron chi connectivity index (χ2n) is 7.77. The second kappa shape index (κ2) is 7.74. The minimum absolute atomic E-state index is 0.126. The molecule has 0 fully saturated rings. The van der Waals surface area contributed by atoms with E-state index >= 15 is 0 Å². The van der Waals surface area contributed by atoms with Crippen molar-refractivity contribution in [2.45, 2.75) is 40.3 Å². The van der Waals surface area contributed by atoms with Gasteiger partial charge in [0.05, 0.1) is 41.3 Å². The number of hydrogen-bond acceptors (Lipinski definition) is 4. The highest BCUT2D eigenvalue weighted by Gasteiger charge is 2.19. The highest BCUT2D eigenvalue weighted by atomic mass is 16.1. The lowest BCUT2D eigenvalue weighted by Gasteiger charge is -2.16. The van der Waals surface area contributed by atoms with E-state index in [9.17, 15) is 4.79 Å². The molecule has 1 aromatic carbocycles. The fourth-order valence-electron chi connectivity index (χ4n) is 3.78. The second-order valence-corrected chi connectivity index (χ2v) is 7.77. The molecule has 30 heavy (non-hydrogen) atoms. The maximum absolute atomic E-state index is 13.2. The summed E-state index contributed by atoms with van der Waals surface area (Å²) < 4.78 is 3.72. The molecule has 4 rings (SSSR count). The summed E-state index contributed by atoms with van der Waals surface area (Å²) in [4.78, 5) is 18.0. The van der Waals surface area contributed by atoms with Crippen LogP contribution in [-0.4, -0.2) is 30.5 Å². The van der Waals surface area contributed by atoms with Crippen LogP contribution in [0.25, 0.3) is 10.9 Å². The third-order valence-corrected chi connectivity index (χ3v) is 5.52. The minimum atomic E-state index is -0.155. The van der Waals surface area contributed by atoms with Gasteiger partial charge in [-0.25, -0.2) is 0 Å². The SMILES string of the molecule is Cc1cc(C)n(Cc2cc(C(=O)N[C@@H](C)c3cnn(C)c3C)c3ccccc3n2)n1. The summed E-state index contributed by atoms with van der Waals surface area (Å²) in [6, 6.07) is 11.5. The summed E-state index contributed by atoms with van der Waals surface area (Å²) in [6.45, 7) is 8.48. The van der Waals surface area contributed by atoms with Gasteiger partial charge >= 0.3 is 0 Å². The van der Waals surface area contributed by atoms with E-state index in [0.29, 0.717) is 12.1 Å². The Morgan fingerprint density at radius 2 is 1.93 bits per heavy atom. The topological polar surface area (TPSA) is 77.6 Å². The van der Waals surface area contributed by atoms with Crippen molar-refractivity contribution in [1.29, 1.82) is 0 Å². The molecule has 0 saturated heterocycles. The lowest BCUT2D eigenvalue weighted by atomic mass is 10.0. The first-order chi connectivity index (χ1) is 14.3.